The van der Waals surface area contributed by atoms with Gasteiger partial charge in [0.15, 0.2) is 0 Å². The van der Waals surface area contributed by atoms with Crippen LogP contribution in [-0.4, -0.2) is 24.6 Å². The molecule has 2 rings (SSSR count). The van der Waals surface area contributed by atoms with E-state index in [1.807, 2.05) is 37.3 Å². The van der Waals surface area contributed by atoms with Crippen molar-refractivity contribution in [3.63, 3.8) is 0 Å². The molecule has 2 aromatic rings. The van der Waals surface area contributed by atoms with E-state index >= 15 is 0 Å². The van der Waals surface area contributed by atoms with E-state index in [1.54, 1.807) is 12.1 Å². The molecule has 0 saturated carbocycles. The first-order valence-electron chi connectivity index (χ1n) is 8.08. The summed E-state index contributed by atoms with van der Waals surface area (Å²) < 4.78 is 18.9. The number of halogens is 1. The third-order valence-electron chi connectivity index (χ3n) is 3.69. The van der Waals surface area contributed by atoms with Crippen molar-refractivity contribution in [1.82, 2.24) is 5.32 Å². The van der Waals surface area contributed by atoms with E-state index in [9.17, 15) is 9.18 Å². The molecule has 128 valence electrons. The van der Waals surface area contributed by atoms with Crippen LogP contribution >= 0.6 is 0 Å². The monoisotopic (exact) mass is 330 g/mol. The smallest absolute Gasteiger partial charge is 0.237 e. The summed E-state index contributed by atoms with van der Waals surface area (Å²) >= 11 is 0. The van der Waals surface area contributed by atoms with E-state index in [4.69, 9.17) is 10.5 Å². The summed E-state index contributed by atoms with van der Waals surface area (Å²) in [6.45, 7) is 2.27. The molecule has 0 heterocycles. The highest BCUT2D eigenvalue weighted by molar-refractivity contribution is 5.81. The molecule has 3 N–H and O–H groups in total. The van der Waals surface area contributed by atoms with E-state index in [0.29, 0.717) is 25.1 Å². The number of nitrogens with two attached hydrogens (primary N) is 1. The molecule has 0 aromatic heterocycles. The van der Waals surface area contributed by atoms with Gasteiger partial charge in [0.05, 0.1) is 12.6 Å². The van der Waals surface area contributed by atoms with Crippen molar-refractivity contribution in [2.24, 2.45) is 5.73 Å². The van der Waals surface area contributed by atoms with Crippen molar-refractivity contribution in [3.8, 4) is 5.75 Å². The molecule has 24 heavy (non-hydrogen) atoms. The molecule has 4 nitrogen and oxygen atoms in total. The topological polar surface area (TPSA) is 64.4 Å². The summed E-state index contributed by atoms with van der Waals surface area (Å²) in [5.74, 6) is -0.124. The van der Waals surface area contributed by atoms with Crippen molar-refractivity contribution in [2.75, 3.05) is 6.54 Å². The number of benzene rings is 2. The minimum absolute atomic E-state index is 0.222. The highest BCUT2D eigenvalue weighted by Crippen LogP contribution is 2.14. The first-order chi connectivity index (χ1) is 11.6. The molecular weight excluding hydrogens is 307 g/mol. The molecule has 0 aliphatic heterocycles. The number of carbonyl (C=O) groups is 1. The van der Waals surface area contributed by atoms with Crippen molar-refractivity contribution in [2.45, 2.75) is 31.9 Å². The van der Waals surface area contributed by atoms with E-state index in [0.717, 1.165) is 5.56 Å². The number of hydrogen-bond acceptors (Lipinski definition) is 3. The second-order valence-electron chi connectivity index (χ2n) is 5.65. The van der Waals surface area contributed by atoms with Gasteiger partial charge in [0.2, 0.25) is 5.91 Å². The zero-order chi connectivity index (χ0) is 17.4. The fourth-order valence-corrected chi connectivity index (χ4v) is 2.31. The summed E-state index contributed by atoms with van der Waals surface area (Å²) in [6.07, 6.45) is 0.929. The summed E-state index contributed by atoms with van der Waals surface area (Å²) in [5.41, 5.74) is 6.96. The van der Waals surface area contributed by atoms with Gasteiger partial charge in [-0.3, -0.25) is 4.79 Å². The SMILES string of the molecule is CCC(CNC(=O)[C@@H](N)Cc1ccccc1)Oc1cccc(F)c1. The predicted molar refractivity (Wildman–Crippen MR) is 92.2 cm³/mol. The number of ether oxygens (including phenoxy) is 1. The summed E-state index contributed by atoms with van der Waals surface area (Å²) in [6, 6.07) is 15.0. The maximum absolute atomic E-state index is 13.2. The van der Waals surface area contributed by atoms with Gasteiger partial charge in [0.1, 0.15) is 17.7 Å². The standard InChI is InChI=1S/C19H23FN2O2/c1-2-16(24-17-10-6-9-15(20)12-17)13-22-19(23)18(21)11-14-7-4-3-5-8-14/h3-10,12,16,18H,2,11,13,21H2,1H3,(H,22,23)/t16?,18-/m0/s1. The highest BCUT2D eigenvalue weighted by Gasteiger charge is 2.16. The number of nitrogens with one attached hydrogen (secondary N) is 1. The van der Waals surface area contributed by atoms with Crippen LogP contribution in [0.4, 0.5) is 4.39 Å². The minimum Gasteiger partial charge on any atom is -0.489 e. The third-order valence-corrected chi connectivity index (χ3v) is 3.69. The normalized spacial score (nSPS) is 13.1. The number of hydrogen-bond donors (Lipinski definition) is 2. The zero-order valence-corrected chi connectivity index (χ0v) is 13.7. The van der Waals surface area contributed by atoms with E-state index in [1.165, 1.54) is 12.1 Å². The Labute approximate surface area is 141 Å². The van der Waals surface area contributed by atoms with Crippen molar-refractivity contribution in [1.29, 1.82) is 0 Å². The van der Waals surface area contributed by atoms with Crippen molar-refractivity contribution in [3.05, 3.63) is 66.0 Å². The van der Waals surface area contributed by atoms with Crippen LogP contribution in [0.15, 0.2) is 54.6 Å². The second-order valence-corrected chi connectivity index (χ2v) is 5.65. The Hall–Kier alpha value is -2.40. The first kappa shape index (κ1) is 17.9. The Morgan fingerprint density at radius 3 is 2.62 bits per heavy atom. The van der Waals surface area contributed by atoms with E-state index in [2.05, 4.69) is 5.32 Å². The maximum Gasteiger partial charge on any atom is 0.237 e. The van der Waals surface area contributed by atoms with Gasteiger partial charge in [0.25, 0.3) is 0 Å². The van der Waals surface area contributed by atoms with Crippen LogP contribution in [0.2, 0.25) is 0 Å². The average Bonchev–Trinajstić information content (AvgIpc) is 2.59. The third kappa shape index (κ3) is 5.66. The van der Waals surface area contributed by atoms with Crippen molar-refractivity contribution < 1.29 is 13.9 Å². The molecule has 0 bridgehead atoms. The Morgan fingerprint density at radius 2 is 1.96 bits per heavy atom. The Bertz CT molecular complexity index is 649. The van der Waals surface area contributed by atoms with Gasteiger partial charge in [-0.05, 0) is 30.5 Å². The molecular formula is C19H23FN2O2. The number of carbonyl (C=O) groups excluding carboxylic acids is 1. The quantitative estimate of drug-likeness (QED) is 0.782. The molecule has 1 amide bonds. The van der Waals surface area contributed by atoms with Crippen LogP contribution in [0.25, 0.3) is 0 Å². The lowest BCUT2D eigenvalue weighted by Gasteiger charge is -2.19. The fraction of sp³-hybridized carbons (Fsp3) is 0.316. The molecule has 0 fully saturated rings. The molecule has 5 heteroatoms. The predicted octanol–water partition coefficient (Wildman–Crippen LogP) is 2.67. The molecule has 0 spiro atoms. The van der Waals surface area contributed by atoms with Gasteiger partial charge in [-0.25, -0.2) is 4.39 Å². The van der Waals surface area contributed by atoms with Crippen molar-refractivity contribution >= 4 is 5.91 Å². The van der Waals surface area contributed by atoms with Crippen LogP contribution in [0.1, 0.15) is 18.9 Å². The first-order valence-corrected chi connectivity index (χ1v) is 8.08. The van der Waals surface area contributed by atoms with E-state index in [-0.39, 0.29) is 17.8 Å². The van der Waals surface area contributed by atoms with Crippen LogP contribution in [0.3, 0.4) is 0 Å². The van der Waals surface area contributed by atoms with Gasteiger partial charge in [-0.15, -0.1) is 0 Å². The zero-order valence-electron chi connectivity index (χ0n) is 13.7. The molecule has 0 saturated heterocycles. The van der Waals surface area contributed by atoms with Gasteiger partial charge >= 0.3 is 0 Å². The van der Waals surface area contributed by atoms with Crippen LogP contribution in [-0.2, 0) is 11.2 Å². The number of rotatable bonds is 8. The average molecular weight is 330 g/mol. The van der Waals surface area contributed by atoms with Crippen LogP contribution < -0.4 is 15.8 Å². The Balaban J connectivity index is 1.82. The van der Waals surface area contributed by atoms with Gasteiger partial charge in [-0.2, -0.15) is 0 Å². The molecule has 0 aliphatic carbocycles. The Morgan fingerprint density at radius 1 is 1.21 bits per heavy atom. The maximum atomic E-state index is 13.2. The Kier molecular flexibility index (Phi) is 6.75. The second kappa shape index (κ2) is 9.03. The molecule has 2 atom stereocenters. The summed E-state index contributed by atoms with van der Waals surface area (Å²) in [4.78, 5) is 12.1. The lowest BCUT2D eigenvalue weighted by atomic mass is 10.1. The minimum atomic E-state index is -0.612. The van der Waals surface area contributed by atoms with Gasteiger partial charge < -0.3 is 15.8 Å². The molecule has 2 aromatic carbocycles. The van der Waals surface area contributed by atoms with E-state index < -0.39 is 6.04 Å². The van der Waals surface area contributed by atoms with Gasteiger partial charge in [0, 0.05) is 6.07 Å². The van der Waals surface area contributed by atoms with Gasteiger partial charge in [-0.1, -0.05) is 43.3 Å². The number of amides is 1. The lowest BCUT2D eigenvalue weighted by molar-refractivity contribution is -0.122. The summed E-state index contributed by atoms with van der Waals surface area (Å²) in [7, 11) is 0. The largest absolute Gasteiger partial charge is 0.489 e. The summed E-state index contributed by atoms with van der Waals surface area (Å²) in [5, 5.41) is 2.81. The lowest BCUT2D eigenvalue weighted by Crippen LogP contribution is -2.45. The molecule has 1 unspecified atom stereocenters. The molecule has 0 radical (unpaired) electrons. The highest BCUT2D eigenvalue weighted by atomic mass is 19.1. The fourth-order valence-electron chi connectivity index (χ4n) is 2.31. The van der Waals surface area contributed by atoms with Crippen LogP contribution in [0.5, 0.6) is 5.75 Å². The van der Waals surface area contributed by atoms with Crippen LogP contribution in [0, 0.1) is 5.82 Å². The molecule has 0 aliphatic rings.